The second-order valence-electron chi connectivity index (χ2n) is 6.26. The van der Waals surface area contributed by atoms with E-state index in [2.05, 4.69) is 45.0 Å². The number of halogens is 1. The Morgan fingerprint density at radius 2 is 2.19 bits per heavy atom. The van der Waals surface area contributed by atoms with Gasteiger partial charge in [0, 0.05) is 37.9 Å². The summed E-state index contributed by atoms with van der Waals surface area (Å²) in [6.07, 6.45) is 3.99. The summed E-state index contributed by atoms with van der Waals surface area (Å²) in [5.74, 6) is 1.49. The SMILES string of the molecule is CCNC(=NCc1ccnc(OC)c1)NC1CCN(c2cccs2)CC1.I. The zero-order chi connectivity index (χ0) is 18.2. The number of thiophene rings is 1. The van der Waals surface area contributed by atoms with Crippen molar-refractivity contribution in [2.45, 2.75) is 32.4 Å². The van der Waals surface area contributed by atoms with E-state index in [1.54, 1.807) is 13.3 Å². The number of hydrogen-bond donors (Lipinski definition) is 2. The predicted octanol–water partition coefficient (Wildman–Crippen LogP) is 3.49. The molecule has 0 bridgehead atoms. The molecule has 0 aliphatic carbocycles. The fourth-order valence-electron chi connectivity index (χ4n) is 3.04. The van der Waals surface area contributed by atoms with Gasteiger partial charge in [0.15, 0.2) is 5.96 Å². The third-order valence-electron chi connectivity index (χ3n) is 4.43. The van der Waals surface area contributed by atoms with Crippen LogP contribution in [0.2, 0.25) is 0 Å². The van der Waals surface area contributed by atoms with E-state index in [1.807, 2.05) is 23.5 Å². The first-order chi connectivity index (χ1) is 12.8. The Morgan fingerprint density at radius 3 is 2.85 bits per heavy atom. The van der Waals surface area contributed by atoms with Gasteiger partial charge >= 0.3 is 0 Å². The number of guanidine groups is 1. The van der Waals surface area contributed by atoms with Gasteiger partial charge in [-0.3, -0.25) is 0 Å². The van der Waals surface area contributed by atoms with E-state index >= 15 is 0 Å². The minimum atomic E-state index is 0. The normalized spacial score (nSPS) is 15.2. The van der Waals surface area contributed by atoms with Gasteiger partial charge in [-0.2, -0.15) is 0 Å². The smallest absolute Gasteiger partial charge is 0.213 e. The van der Waals surface area contributed by atoms with Crippen LogP contribution in [0.4, 0.5) is 5.00 Å². The Hall–Kier alpha value is -1.55. The summed E-state index contributed by atoms with van der Waals surface area (Å²) >= 11 is 1.82. The first kappa shape index (κ1) is 21.7. The van der Waals surface area contributed by atoms with Crippen LogP contribution in [-0.2, 0) is 6.54 Å². The monoisotopic (exact) mass is 501 g/mol. The molecule has 1 aliphatic heterocycles. The highest BCUT2D eigenvalue weighted by molar-refractivity contribution is 14.0. The van der Waals surface area contributed by atoms with Gasteiger partial charge in [-0.25, -0.2) is 9.98 Å². The molecule has 1 saturated heterocycles. The highest BCUT2D eigenvalue weighted by Gasteiger charge is 2.20. The molecule has 0 unspecified atom stereocenters. The van der Waals surface area contributed by atoms with Crippen molar-refractivity contribution in [3.8, 4) is 5.88 Å². The van der Waals surface area contributed by atoms with Crippen LogP contribution in [0.3, 0.4) is 0 Å². The highest BCUT2D eigenvalue weighted by atomic mass is 127. The van der Waals surface area contributed by atoms with E-state index in [-0.39, 0.29) is 24.0 Å². The molecule has 0 amide bonds. The molecule has 0 aromatic carbocycles. The van der Waals surface area contributed by atoms with E-state index < -0.39 is 0 Å². The molecule has 0 saturated carbocycles. The third kappa shape index (κ3) is 6.53. The number of hydrogen-bond acceptors (Lipinski definition) is 5. The lowest BCUT2D eigenvalue weighted by molar-refractivity contribution is 0.397. The van der Waals surface area contributed by atoms with Crippen LogP contribution in [0.1, 0.15) is 25.3 Å². The number of nitrogens with zero attached hydrogens (tertiary/aromatic N) is 3. The van der Waals surface area contributed by atoms with E-state index in [1.165, 1.54) is 5.00 Å². The van der Waals surface area contributed by atoms with Crippen molar-refractivity contribution in [1.82, 2.24) is 15.6 Å². The number of piperidine rings is 1. The van der Waals surface area contributed by atoms with Crippen molar-refractivity contribution >= 4 is 46.3 Å². The van der Waals surface area contributed by atoms with Crippen molar-refractivity contribution in [2.75, 3.05) is 31.6 Å². The number of nitrogens with one attached hydrogen (secondary N) is 2. The molecular weight excluding hydrogens is 473 g/mol. The summed E-state index contributed by atoms with van der Waals surface area (Å²) in [7, 11) is 1.63. The molecule has 148 valence electrons. The van der Waals surface area contributed by atoms with Crippen LogP contribution in [-0.4, -0.2) is 43.7 Å². The lowest BCUT2D eigenvalue weighted by Gasteiger charge is -2.33. The summed E-state index contributed by atoms with van der Waals surface area (Å²) in [6, 6.07) is 8.67. The molecule has 0 radical (unpaired) electrons. The van der Waals surface area contributed by atoms with Crippen LogP contribution in [0.5, 0.6) is 5.88 Å². The summed E-state index contributed by atoms with van der Waals surface area (Å²) in [6.45, 7) is 5.70. The summed E-state index contributed by atoms with van der Waals surface area (Å²) < 4.78 is 5.18. The van der Waals surface area contributed by atoms with Crippen LogP contribution in [0.15, 0.2) is 40.8 Å². The number of anilines is 1. The molecule has 3 heterocycles. The minimum Gasteiger partial charge on any atom is -0.481 e. The zero-order valence-electron chi connectivity index (χ0n) is 15.9. The molecule has 2 N–H and O–H groups in total. The highest BCUT2D eigenvalue weighted by Crippen LogP contribution is 2.24. The first-order valence-corrected chi connectivity index (χ1v) is 9.98. The molecule has 2 aromatic rings. The lowest BCUT2D eigenvalue weighted by atomic mass is 10.1. The summed E-state index contributed by atoms with van der Waals surface area (Å²) in [4.78, 5) is 11.3. The Kier molecular flexibility index (Phi) is 9.12. The van der Waals surface area contributed by atoms with Gasteiger partial charge in [0.25, 0.3) is 0 Å². The molecular formula is C19H28IN5OS. The van der Waals surface area contributed by atoms with E-state index in [0.29, 0.717) is 18.5 Å². The van der Waals surface area contributed by atoms with Crippen LogP contribution in [0.25, 0.3) is 0 Å². The number of aliphatic imine (C=N–C) groups is 1. The standard InChI is InChI=1S/C19H27N5OS.HI/c1-3-20-19(22-14-15-6-9-21-17(13-15)25-2)23-16-7-10-24(11-8-16)18-5-4-12-26-18;/h4-6,9,12-13,16H,3,7-8,10-11,14H2,1-2H3,(H2,20,22,23);1H. The first-order valence-electron chi connectivity index (χ1n) is 9.10. The van der Waals surface area contributed by atoms with Gasteiger partial charge in [-0.05, 0) is 48.9 Å². The number of ether oxygens (including phenoxy) is 1. The fourth-order valence-corrected chi connectivity index (χ4v) is 3.82. The number of rotatable bonds is 6. The number of methoxy groups -OCH3 is 1. The Morgan fingerprint density at radius 1 is 1.37 bits per heavy atom. The van der Waals surface area contributed by atoms with Gasteiger partial charge in [-0.15, -0.1) is 35.3 Å². The average Bonchev–Trinajstić information content (AvgIpc) is 3.22. The van der Waals surface area contributed by atoms with Gasteiger partial charge in [0.1, 0.15) is 0 Å². The van der Waals surface area contributed by atoms with Crippen molar-refractivity contribution in [1.29, 1.82) is 0 Å². The number of pyridine rings is 1. The maximum atomic E-state index is 5.18. The molecule has 0 spiro atoms. The molecule has 1 aliphatic rings. The molecule has 2 aromatic heterocycles. The maximum Gasteiger partial charge on any atom is 0.213 e. The Bertz CT molecular complexity index is 702. The molecule has 27 heavy (non-hydrogen) atoms. The third-order valence-corrected chi connectivity index (χ3v) is 5.35. The second-order valence-corrected chi connectivity index (χ2v) is 7.18. The predicted molar refractivity (Wildman–Crippen MR) is 124 cm³/mol. The Labute approximate surface area is 182 Å². The van der Waals surface area contributed by atoms with Gasteiger partial charge in [-0.1, -0.05) is 0 Å². The van der Waals surface area contributed by atoms with Crippen molar-refractivity contribution in [3.63, 3.8) is 0 Å². The second kappa shape index (κ2) is 11.3. The van der Waals surface area contributed by atoms with Crippen molar-refractivity contribution in [3.05, 3.63) is 41.4 Å². The largest absolute Gasteiger partial charge is 0.481 e. The van der Waals surface area contributed by atoms with E-state index in [9.17, 15) is 0 Å². The molecule has 6 nitrogen and oxygen atoms in total. The van der Waals surface area contributed by atoms with Gasteiger partial charge in [0.2, 0.25) is 5.88 Å². The van der Waals surface area contributed by atoms with Crippen molar-refractivity contribution < 1.29 is 4.74 Å². The zero-order valence-corrected chi connectivity index (χ0v) is 19.0. The van der Waals surface area contributed by atoms with E-state index in [0.717, 1.165) is 44.0 Å². The van der Waals surface area contributed by atoms with Gasteiger partial charge < -0.3 is 20.3 Å². The van der Waals surface area contributed by atoms with Crippen LogP contribution < -0.4 is 20.3 Å². The Balaban J connectivity index is 0.00000261. The summed E-state index contributed by atoms with van der Waals surface area (Å²) in [5.41, 5.74) is 1.08. The molecule has 8 heteroatoms. The van der Waals surface area contributed by atoms with Gasteiger partial charge in [0.05, 0.1) is 18.7 Å². The summed E-state index contributed by atoms with van der Waals surface area (Å²) in [5, 5.41) is 10.5. The quantitative estimate of drug-likeness (QED) is 0.361. The molecule has 1 fully saturated rings. The molecule has 0 atom stereocenters. The lowest BCUT2D eigenvalue weighted by Crippen LogP contribution is -2.48. The topological polar surface area (TPSA) is 61.8 Å². The molecule has 3 rings (SSSR count). The van der Waals surface area contributed by atoms with Crippen LogP contribution >= 0.6 is 35.3 Å². The fraction of sp³-hybridized carbons (Fsp3) is 0.474. The average molecular weight is 501 g/mol. The number of aromatic nitrogens is 1. The van der Waals surface area contributed by atoms with E-state index in [4.69, 9.17) is 9.73 Å². The van der Waals surface area contributed by atoms with Crippen LogP contribution in [0, 0.1) is 0 Å². The maximum absolute atomic E-state index is 5.18. The minimum absolute atomic E-state index is 0. The van der Waals surface area contributed by atoms with Crippen molar-refractivity contribution in [2.24, 2.45) is 4.99 Å².